The predicted molar refractivity (Wildman–Crippen MR) is 72.1 cm³/mol. The molecule has 1 atom stereocenters. The van der Waals surface area contributed by atoms with Gasteiger partial charge in [0.2, 0.25) is 5.75 Å². The fourth-order valence-corrected chi connectivity index (χ4v) is 1.79. The monoisotopic (exact) mass is 270 g/mol. The highest BCUT2D eigenvalue weighted by Crippen LogP contribution is 2.38. The molecule has 0 saturated carbocycles. The normalized spacial score (nSPS) is 12.1. The molecule has 0 aromatic heterocycles. The molecule has 0 bridgehead atoms. The lowest BCUT2D eigenvalue weighted by atomic mass is 10.1. The zero-order valence-corrected chi connectivity index (χ0v) is 11.7. The van der Waals surface area contributed by atoms with Crippen molar-refractivity contribution in [3.63, 3.8) is 0 Å². The number of hydrogen-bond acceptors (Lipinski definition) is 5. The van der Waals surface area contributed by atoms with Crippen LogP contribution in [0.3, 0.4) is 0 Å². The van der Waals surface area contributed by atoms with Crippen molar-refractivity contribution in [3.8, 4) is 17.2 Å². The Labute approximate surface area is 113 Å². The Bertz CT molecular complexity index is 366. The van der Waals surface area contributed by atoms with Gasteiger partial charge in [0, 0.05) is 0 Å². The van der Waals surface area contributed by atoms with E-state index in [1.54, 1.807) is 14.2 Å². The van der Waals surface area contributed by atoms with E-state index in [9.17, 15) is 5.11 Å². The molecule has 0 aliphatic carbocycles. The summed E-state index contributed by atoms with van der Waals surface area (Å²) >= 11 is 0. The van der Waals surface area contributed by atoms with E-state index in [-0.39, 0.29) is 6.61 Å². The van der Waals surface area contributed by atoms with Crippen molar-refractivity contribution in [1.29, 1.82) is 0 Å². The van der Waals surface area contributed by atoms with E-state index in [1.165, 1.54) is 0 Å². The first-order valence-electron chi connectivity index (χ1n) is 6.32. The van der Waals surface area contributed by atoms with Crippen LogP contribution in [0.2, 0.25) is 0 Å². The molecule has 108 valence electrons. The zero-order valence-electron chi connectivity index (χ0n) is 11.7. The Balaban J connectivity index is 2.95. The minimum atomic E-state index is -0.705. The number of rotatable bonds is 8. The fraction of sp³-hybridized carbons (Fsp3) is 0.571. The second-order valence-electron chi connectivity index (χ2n) is 4.14. The van der Waals surface area contributed by atoms with E-state index in [0.717, 1.165) is 5.56 Å². The van der Waals surface area contributed by atoms with Crippen LogP contribution in [0.25, 0.3) is 0 Å². The van der Waals surface area contributed by atoms with Crippen molar-refractivity contribution in [1.82, 2.24) is 0 Å². The second kappa shape index (κ2) is 7.86. The van der Waals surface area contributed by atoms with E-state index >= 15 is 0 Å². The van der Waals surface area contributed by atoms with Crippen LogP contribution in [-0.2, 0) is 6.42 Å². The summed E-state index contributed by atoms with van der Waals surface area (Å²) in [5, 5.41) is 18.2. The third-order valence-electron chi connectivity index (χ3n) is 2.79. The summed E-state index contributed by atoms with van der Waals surface area (Å²) in [7, 11) is 3.15. The van der Waals surface area contributed by atoms with E-state index in [0.29, 0.717) is 36.7 Å². The lowest BCUT2D eigenvalue weighted by Gasteiger charge is -2.15. The number of ether oxygens (including phenoxy) is 3. The van der Waals surface area contributed by atoms with Crippen molar-refractivity contribution >= 4 is 0 Å². The van der Waals surface area contributed by atoms with Crippen molar-refractivity contribution in [3.05, 3.63) is 17.7 Å². The van der Waals surface area contributed by atoms with Crippen molar-refractivity contribution in [2.75, 3.05) is 27.4 Å². The summed E-state index contributed by atoms with van der Waals surface area (Å²) < 4.78 is 16.1. The van der Waals surface area contributed by atoms with Crippen LogP contribution in [0, 0.1) is 0 Å². The van der Waals surface area contributed by atoms with Crippen molar-refractivity contribution in [2.45, 2.75) is 25.9 Å². The van der Waals surface area contributed by atoms with Gasteiger partial charge in [0.25, 0.3) is 0 Å². The minimum Gasteiger partial charge on any atom is -0.493 e. The van der Waals surface area contributed by atoms with Crippen LogP contribution in [0.5, 0.6) is 17.2 Å². The molecule has 1 aromatic rings. The van der Waals surface area contributed by atoms with Crippen LogP contribution >= 0.6 is 0 Å². The number of benzene rings is 1. The lowest BCUT2D eigenvalue weighted by molar-refractivity contribution is 0.0885. The molecular weight excluding hydrogens is 248 g/mol. The smallest absolute Gasteiger partial charge is 0.203 e. The second-order valence-corrected chi connectivity index (χ2v) is 4.14. The van der Waals surface area contributed by atoms with Gasteiger partial charge in [-0.25, -0.2) is 0 Å². The van der Waals surface area contributed by atoms with E-state index in [2.05, 4.69) is 0 Å². The van der Waals surface area contributed by atoms with Crippen LogP contribution < -0.4 is 14.2 Å². The van der Waals surface area contributed by atoms with E-state index in [1.807, 2.05) is 19.1 Å². The van der Waals surface area contributed by atoms with E-state index < -0.39 is 6.10 Å². The molecule has 2 N–H and O–H groups in total. The SMILES string of the molecule is CCOc1c(OC)cc(CCC(O)CO)cc1OC. The first-order valence-corrected chi connectivity index (χ1v) is 6.32. The largest absolute Gasteiger partial charge is 0.493 e. The maximum absolute atomic E-state index is 9.37. The number of aliphatic hydroxyl groups is 2. The standard InChI is InChI=1S/C14H22O5/c1-4-19-14-12(17-2)7-10(8-13(14)18-3)5-6-11(16)9-15/h7-8,11,15-16H,4-6,9H2,1-3H3. The summed E-state index contributed by atoms with van der Waals surface area (Å²) in [6.07, 6.45) is 0.404. The van der Waals surface area contributed by atoms with Crippen molar-refractivity contribution in [2.24, 2.45) is 0 Å². The van der Waals surface area contributed by atoms with Gasteiger partial charge in [-0.2, -0.15) is 0 Å². The van der Waals surface area contributed by atoms with Gasteiger partial charge in [-0.05, 0) is 37.5 Å². The first kappa shape index (κ1) is 15.6. The Kier molecular flexibility index (Phi) is 6.45. The Morgan fingerprint density at radius 1 is 1.16 bits per heavy atom. The van der Waals surface area contributed by atoms with Gasteiger partial charge >= 0.3 is 0 Å². The van der Waals surface area contributed by atoms with Crippen molar-refractivity contribution < 1.29 is 24.4 Å². The Morgan fingerprint density at radius 2 is 1.74 bits per heavy atom. The molecule has 1 unspecified atom stereocenters. The molecule has 5 heteroatoms. The average molecular weight is 270 g/mol. The van der Waals surface area contributed by atoms with Crippen LogP contribution in [0.15, 0.2) is 12.1 Å². The summed E-state index contributed by atoms with van der Waals surface area (Å²) in [5.74, 6) is 1.79. The quantitative estimate of drug-likeness (QED) is 0.747. The highest BCUT2D eigenvalue weighted by Gasteiger charge is 2.14. The molecule has 0 amide bonds. The third kappa shape index (κ3) is 4.29. The molecule has 0 heterocycles. The van der Waals surface area contributed by atoms with E-state index in [4.69, 9.17) is 19.3 Å². The first-order chi connectivity index (χ1) is 9.15. The molecule has 5 nitrogen and oxygen atoms in total. The van der Waals surface area contributed by atoms with Gasteiger partial charge in [0.15, 0.2) is 11.5 Å². The van der Waals surface area contributed by atoms with Gasteiger partial charge in [0.1, 0.15) is 0 Å². The molecular formula is C14H22O5. The zero-order chi connectivity index (χ0) is 14.3. The summed E-state index contributed by atoms with van der Waals surface area (Å²) in [4.78, 5) is 0. The predicted octanol–water partition coefficient (Wildman–Crippen LogP) is 1.39. The molecule has 0 aliphatic heterocycles. The fourth-order valence-electron chi connectivity index (χ4n) is 1.79. The van der Waals surface area contributed by atoms with Gasteiger partial charge in [-0.1, -0.05) is 0 Å². The number of methoxy groups -OCH3 is 2. The highest BCUT2D eigenvalue weighted by atomic mass is 16.5. The summed E-state index contributed by atoms with van der Waals surface area (Å²) in [6.45, 7) is 2.19. The average Bonchev–Trinajstić information content (AvgIpc) is 2.45. The van der Waals surface area contributed by atoms with Gasteiger partial charge < -0.3 is 24.4 Å². The molecule has 0 radical (unpaired) electrons. The van der Waals surface area contributed by atoms with Crippen LogP contribution in [0.4, 0.5) is 0 Å². The lowest BCUT2D eigenvalue weighted by Crippen LogP contribution is -2.12. The number of hydrogen-bond donors (Lipinski definition) is 2. The molecule has 1 rings (SSSR count). The minimum absolute atomic E-state index is 0.231. The Morgan fingerprint density at radius 3 is 2.16 bits per heavy atom. The molecule has 0 spiro atoms. The van der Waals surface area contributed by atoms with Gasteiger partial charge in [0.05, 0.1) is 33.5 Å². The summed E-state index contributed by atoms with van der Waals surface area (Å²) in [6, 6.07) is 3.72. The number of aryl methyl sites for hydroxylation is 1. The molecule has 0 fully saturated rings. The summed E-state index contributed by atoms with van der Waals surface area (Å²) in [5.41, 5.74) is 0.963. The molecule has 19 heavy (non-hydrogen) atoms. The molecule has 0 aliphatic rings. The van der Waals surface area contributed by atoms with Crippen LogP contribution in [-0.4, -0.2) is 43.8 Å². The maximum Gasteiger partial charge on any atom is 0.203 e. The molecule has 1 aromatic carbocycles. The topological polar surface area (TPSA) is 68.2 Å². The van der Waals surface area contributed by atoms with Gasteiger partial charge in [-0.15, -0.1) is 0 Å². The molecule has 0 saturated heterocycles. The Hall–Kier alpha value is -1.46. The maximum atomic E-state index is 9.37. The van der Waals surface area contributed by atoms with Crippen LogP contribution in [0.1, 0.15) is 18.9 Å². The highest BCUT2D eigenvalue weighted by molar-refractivity contribution is 5.53. The number of aliphatic hydroxyl groups excluding tert-OH is 2. The van der Waals surface area contributed by atoms with Gasteiger partial charge in [-0.3, -0.25) is 0 Å². The third-order valence-corrected chi connectivity index (χ3v) is 2.79.